The lowest BCUT2D eigenvalue weighted by atomic mass is 10.2. The first-order chi connectivity index (χ1) is 12.7. The van der Waals surface area contributed by atoms with Crippen LogP contribution in [0, 0.1) is 6.92 Å². The number of pyridine rings is 1. The Kier molecular flexibility index (Phi) is 6.83. The molecular weight excluding hydrogens is 364 g/mol. The van der Waals surface area contributed by atoms with Crippen molar-refractivity contribution in [2.45, 2.75) is 33.2 Å². The number of rotatable bonds is 9. The van der Waals surface area contributed by atoms with Gasteiger partial charge < -0.3 is 5.32 Å². The van der Waals surface area contributed by atoms with Crippen LogP contribution in [0.15, 0.2) is 36.0 Å². The normalized spacial score (nSPS) is 11.4. The van der Waals surface area contributed by atoms with Crippen molar-refractivity contribution in [2.24, 2.45) is 0 Å². The number of thiazole rings is 1. The molecule has 0 bridgehead atoms. The monoisotopic (exact) mass is 388 g/mol. The summed E-state index contributed by atoms with van der Waals surface area (Å²) in [5.41, 5.74) is 5.15. The van der Waals surface area contributed by atoms with E-state index in [4.69, 9.17) is 11.6 Å². The highest BCUT2D eigenvalue weighted by molar-refractivity contribution is 7.09. The van der Waals surface area contributed by atoms with Crippen molar-refractivity contribution in [3.05, 3.63) is 51.6 Å². The van der Waals surface area contributed by atoms with E-state index in [9.17, 15) is 0 Å². The summed E-state index contributed by atoms with van der Waals surface area (Å²) in [7, 11) is 0. The number of fused-ring (bicyclic) bond motifs is 1. The third kappa shape index (κ3) is 4.93. The molecule has 0 amide bonds. The highest BCUT2D eigenvalue weighted by Gasteiger charge is 2.09. The minimum Gasteiger partial charge on any atom is -0.384 e. The van der Waals surface area contributed by atoms with Crippen LogP contribution in [0.4, 0.5) is 5.69 Å². The molecule has 0 aliphatic heterocycles. The molecular formula is C20H25ClN4S. The molecule has 0 fully saturated rings. The fourth-order valence-corrected chi connectivity index (χ4v) is 4.05. The molecule has 0 atom stereocenters. The smallest absolute Gasteiger partial charge is 0.0798 e. The van der Waals surface area contributed by atoms with Gasteiger partial charge in [0.05, 0.1) is 16.7 Å². The predicted molar refractivity (Wildman–Crippen MR) is 112 cm³/mol. The molecule has 1 aromatic carbocycles. The van der Waals surface area contributed by atoms with E-state index >= 15 is 0 Å². The van der Waals surface area contributed by atoms with Crippen molar-refractivity contribution in [1.82, 2.24) is 14.9 Å². The Balaban J connectivity index is 1.54. The van der Waals surface area contributed by atoms with Crippen molar-refractivity contribution in [2.75, 3.05) is 25.0 Å². The van der Waals surface area contributed by atoms with Gasteiger partial charge in [-0.15, -0.1) is 11.3 Å². The Bertz CT molecular complexity index is 849. The maximum atomic E-state index is 6.06. The molecule has 0 aliphatic carbocycles. The van der Waals surface area contributed by atoms with Crippen LogP contribution in [-0.2, 0) is 6.54 Å². The first-order valence-corrected chi connectivity index (χ1v) is 10.3. The number of aromatic nitrogens is 2. The van der Waals surface area contributed by atoms with E-state index < -0.39 is 0 Å². The second-order valence-corrected chi connectivity index (χ2v) is 7.81. The van der Waals surface area contributed by atoms with Gasteiger partial charge in [-0.2, -0.15) is 0 Å². The van der Waals surface area contributed by atoms with Crippen molar-refractivity contribution >= 4 is 39.5 Å². The zero-order valence-electron chi connectivity index (χ0n) is 15.3. The Morgan fingerprint density at radius 3 is 2.85 bits per heavy atom. The van der Waals surface area contributed by atoms with Crippen molar-refractivity contribution < 1.29 is 0 Å². The van der Waals surface area contributed by atoms with Crippen LogP contribution >= 0.6 is 22.9 Å². The zero-order chi connectivity index (χ0) is 18.4. The van der Waals surface area contributed by atoms with E-state index in [1.165, 1.54) is 11.3 Å². The summed E-state index contributed by atoms with van der Waals surface area (Å²) in [6.07, 6.45) is 4.09. The third-order valence-corrected chi connectivity index (χ3v) is 5.58. The molecule has 0 unspecified atom stereocenters. The van der Waals surface area contributed by atoms with E-state index in [-0.39, 0.29) is 0 Å². The van der Waals surface area contributed by atoms with Crippen molar-refractivity contribution in [1.29, 1.82) is 0 Å². The van der Waals surface area contributed by atoms with E-state index in [0.29, 0.717) is 0 Å². The molecule has 0 saturated carbocycles. The molecule has 26 heavy (non-hydrogen) atoms. The van der Waals surface area contributed by atoms with Crippen LogP contribution in [0.25, 0.3) is 10.9 Å². The average Bonchev–Trinajstić information content (AvgIpc) is 3.03. The standard InChI is InChI=1S/C20H25ClN4S/c1-3-10-25(13-20-15(2)24-14-26-20)11-4-8-22-18-7-9-23-19-12-16(21)5-6-17(18)19/h5-7,9,12,14H,3-4,8,10-11,13H2,1-2H3,(H,22,23). The average molecular weight is 389 g/mol. The second kappa shape index (κ2) is 9.31. The quantitative estimate of drug-likeness (QED) is 0.500. The van der Waals surface area contributed by atoms with Gasteiger partial charge in [-0.1, -0.05) is 18.5 Å². The van der Waals surface area contributed by atoms with Crippen LogP contribution in [-0.4, -0.2) is 34.5 Å². The summed E-state index contributed by atoms with van der Waals surface area (Å²) < 4.78 is 0. The van der Waals surface area contributed by atoms with Gasteiger partial charge in [0.25, 0.3) is 0 Å². The lowest BCUT2D eigenvalue weighted by Crippen LogP contribution is -2.26. The van der Waals surface area contributed by atoms with Gasteiger partial charge >= 0.3 is 0 Å². The van der Waals surface area contributed by atoms with Crippen LogP contribution in [0.5, 0.6) is 0 Å². The molecule has 2 heterocycles. The Labute approximate surface area is 164 Å². The molecule has 1 N–H and O–H groups in total. The molecule has 2 aromatic heterocycles. The van der Waals surface area contributed by atoms with Gasteiger partial charge in [0, 0.05) is 46.8 Å². The Morgan fingerprint density at radius 1 is 1.19 bits per heavy atom. The number of hydrogen-bond donors (Lipinski definition) is 1. The first kappa shape index (κ1) is 19.1. The van der Waals surface area contributed by atoms with Gasteiger partial charge in [0.1, 0.15) is 0 Å². The summed E-state index contributed by atoms with van der Waals surface area (Å²) in [6, 6.07) is 7.88. The van der Waals surface area contributed by atoms with E-state index in [0.717, 1.165) is 59.9 Å². The van der Waals surface area contributed by atoms with Crippen LogP contribution < -0.4 is 5.32 Å². The Hall–Kier alpha value is -1.69. The molecule has 0 spiro atoms. The summed E-state index contributed by atoms with van der Waals surface area (Å²) in [5.74, 6) is 0. The number of hydrogen-bond acceptors (Lipinski definition) is 5. The highest BCUT2D eigenvalue weighted by Crippen LogP contribution is 2.24. The number of nitrogens with zero attached hydrogens (tertiary/aromatic N) is 3. The number of anilines is 1. The summed E-state index contributed by atoms with van der Waals surface area (Å²) in [6.45, 7) is 8.46. The summed E-state index contributed by atoms with van der Waals surface area (Å²) in [5, 5.41) is 5.39. The fraction of sp³-hybridized carbons (Fsp3) is 0.400. The largest absolute Gasteiger partial charge is 0.384 e. The van der Waals surface area contributed by atoms with Gasteiger partial charge in [-0.3, -0.25) is 9.88 Å². The number of halogens is 1. The van der Waals surface area contributed by atoms with Crippen LogP contribution in [0.3, 0.4) is 0 Å². The molecule has 138 valence electrons. The van der Waals surface area contributed by atoms with Gasteiger partial charge in [-0.05, 0) is 50.6 Å². The topological polar surface area (TPSA) is 41.0 Å². The number of benzene rings is 1. The van der Waals surface area contributed by atoms with Crippen molar-refractivity contribution in [3.63, 3.8) is 0 Å². The van der Waals surface area contributed by atoms with Crippen LogP contribution in [0.1, 0.15) is 30.3 Å². The number of nitrogens with one attached hydrogen (secondary N) is 1. The van der Waals surface area contributed by atoms with E-state index in [1.807, 2.05) is 36.0 Å². The minimum absolute atomic E-state index is 0.718. The summed E-state index contributed by atoms with van der Waals surface area (Å²) >= 11 is 7.82. The lowest BCUT2D eigenvalue weighted by molar-refractivity contribution is 0.267. The number of aryl methyl sites for hydroxylation is 1. The van der Waals surface area contributed by atoms with Crippen molar-refractivity contribution in [3.8, 4) is 0 Å². The van der Waals surface area contributed by atoms with Crippen LogP contribution in [0.2, 0.25) is 5.02 Å². The van der Waals surface area contributed by atoms with Gasteiger partial charge in [0.2, 0.25) is 0 Å². The first-order valence-electron chi connectivity index (χ1n) is 9.07. The highest BCUT2D eigenvalue weighted by atomic mass is 35.5. The maximum absolute atomic E-state index is 6.06. The second-order valence-electron chi connectivity index (χ2n) is 6.44. The van der Waals surface area contributed by atoms with Gasteiger partial charge in [-0.25, -0.2) is 4.98 Å². The molecule has 6 heteroatoms. The summed E-state index contributed by atoms with van der Waals surface area (Å²) in [4.78, 5) is 12.7. The van der Waals surface area contributed by atoms with Gasteiger partial charge in [0.15, 0.2) is 0 Å². The van der Waals surface area contributed by atoms with E-state index in [1.54, 1.807) is 11.3 Å². The molecule has 3 aromatic rings. The molecule has 3 rings (SSSR count). The maximum Gasteiger partial charge on any atom is 0.0798 e. The lowest BCUT2D eigenvalue weighted by Gasteiger charge is -2.21. The predicted octanol–water partition coefficient (Wildman–Crippen LogP) is 5.37. The molecule has 4 nitrogen and oxygen atoms in total. The minimum atomic E-state index is 0.718. The van der Waals surface area contributed by atoms with E-state index in [2.05, 4.69) is 34.0 Å². The third-order valence-electron chi connectivity index (χ3n) is 4.42. The fourth-order valence-electron chi connectivity index (χ4n) is 3.07. The molecule has 0 radical (unpaired) electrons. The molecule has 0 aliphatic rings. The molecule has 0 saturated heterocycles. The SMILES string of the molecule is CCCN(CCCNc1ccnc2cc(Cl)ccc12)Cc1scnc1C. The zero-order valence-corrected chi connectivity index (χ0v) is 16.9. The Morgan fingerprint density at radius 2 is 2.08 bits per heavy atom.